The van der Waals surface area contributed by atoms with Gasteiger partial charge in [-0.2, -0.15) is 0 Å². The molecule has 0 saturated carbocycles. The maximum Gasteiger partial charge on any atom is 0.328 e. The Bertz CT molecular complexity index is 2400. The van der Waals surface area contributed by atoms with Crippen molar-refractivity contribution in [3.8, 4) is 5.75 Å². The second-order valence-electron chi connectivity index (χ2n) is 18.1. The Morgan fingerprint density at radius 1 is 0.620 bits per heavy atom. The predicted molar refractivity (Wildman–Crippen MR) is 267 cm³/mol. The molecule has 1 aromatic carbocycles. The number of aliphatic carboxylic acids is 5. The van der Waals surface area contributed by atoms with Gasteiger partial charge in [0.1, 0.15) is 48.0 Å². The van der Waals surface area contributed by atoms with E-state index in [0.717, 1.165) is 11.8 Å². The smallest absolute Gasteiger partial charge is 0.328 e. The van der Waals surface area contributed by atoms with E-state index >= 15 is 0 Å². The molecular formula is C46H68N12O21. The lowest BCUT2D eigenvalue weighted by Gasteiger charge is -2.30. The first-order valence-corrected chi connectivity index (χ1v) is 24.5. The number of hydrogen-bond acceptors (Lipinski definition) is 18. The first-order chi connectivity index (χ1) is 37.0. The van der Waals surface area contributed by atoms with E-state index in [4.69, 9.17) is 22.3 Å². The summed E-state index contributed by atoms with van der Waals surface area (Å²) in [4.78, 5) is 172. The molecule has 1 heterocycles. The number of aromatic hydroxyl groups is 1. The van der Waals surface area contributed by atoms with Crippen LogP contribution in [0.4, 0.5) is 0 Å². The summed E-state index contributed by atoms with van der Waals surface area (Å²) in [6.45, 7) is -0.475. The van der Waals surface area contributed by atoms with Crippen LogP contribution in [0.15, 0.2) is 29.3 Å². The highest BCUT2D eigenvalue weighted by atomic mass is 16.4. The zero-order valence-corrected chi connectivity index (χ0v) is 42.7. The molecule has 10 atom stereocenters. The van der Waals surface area contributed by atoms with Crippen molar-refractivity contribution in [2.75, 3.05) is 19.7 Å². The molecule has 33 heteroatoms. The Morgan fingerprint density at radius 3 is 1.57 bits per heavy atom. The number of phenols is 1. The summed E-state index contributed by atoms with van der Waals surface area (Å²) in [6, 6.07) is -10.3. The predicted octanol–water partition coefficient (Wildman–Crippen LogP) is -6.77. The summed E-state index contributed by atoms with van der Waals surface area (Å²) >= 11 is 0. The number of carboxylic acid groups (broad SMARTS) is 5. The van der Waals surface area contributed by atoms with E-state index in [0.29, 0.717) is 5.56 Å². The SMILES string of the molecule is C[C@@H](O)[C@H](NC(=O)[C@H](Cc1ccc(O)cc1)NC(=O)[C@@H]1CCCN1C(=O)[C@H](CC(=O)O)NC(=O)[C@H](CCC(=O)O)NC(=O)[C@H](CCCN=C(N)N)NC(=O)[C@H](CO)NC(=O)[C@H](CCC(=O)O)NC(=O)[C@@H](N)CCC(=O)O)C(=O)O. The third-order valence-electron chi connectivity index (χ3n) is 11.8. The van der Waals surface area contributed by atoms with Gasteiger partial charge in [-0.3, -0.25) is 62.5 Å². The summed E-state index contributed by atoms with van der Waals surface area (Å²) in [7, 11) is 0. The number of likely N-dealkylation sites (tertiary alicyclic amines) is 1. The molecule has 0 spiro atoms. The number of hydrogen-bond donors (Lipinski definition) is 18. The van der Waals surface area contributed by atoms with Crippen molar-refractivity contribution in [1.82, 2.24) is 42.1 Å². The van der Waals surface area contributed by atoms with Gasteiger partial charge < -0.3 is 100 Å². The number of aliphatic hydroxyl groups excluding tert-OH is 2. The number of phenolic OH excluding ortho intramolecular Hbond substituents is 1. The summed E-state index contributed by atoms with van der Waals surface area (Å²) < 4.78 is 0. The van der Waals surface area contributed by atoms with E-state index in [2.05, 4.69) is 42.2 Å². The van der Waals surface area contributed by atoms with E-state index in [1.54, 1.807) is 0 Å². The number of carboxylic acids is 5. The van der Waals surface area contributed by atoms with Crippen molar-refractivity contribution >= 4 is 83.1 Å². The van der Waals surface area contributed by atoms with E-state index < -0.39 is 183 Å². The molecule has 79 heavy (non-hydrogen) atoms. The van der Waals surface area contributed by atoms with Crippen molar-refractivity contribution < 1.29 is 103 Å². The largest absolute Gasteiger partial charge is 0.508 e. The van der Waals surface area contributed by atoms with Gasteiger partial charge in [0.2, 0.25) is 47.3 Å². The minimum atomic E-state index is -2.02. The number of aliphatic imine (C=N–C) groups is 1. The third-order valence-corrected chi connectivity index (χ3v) is 11.8. The topological polar surface area (TPSA) is 562 Å². The Balaban J connectivity index is 2.44. The van der Waals surface area contributed by atoms with Crippen LogP contribution in [0.1, 0.15) is 83.1 Å². The molecule has 2 rings (SSSR count). The van der Waals surface area contributed by atoms with Crippen molar-refractivity contribution in [3.05, 3.63) is 29.8 Å². The average Bonchev–Trinajstić information content (AvgIpc) is 3.88. The fourth-order valence-corrected chi connectivity index (χ4v) is 7.68. The Kier molecular flexibility index (Phi) is 27.5. The number of amides is 8. The maximum atomic E-state index is 14.2. The lowest BCUT2D eigenvalue weighted by Crippen LogP contribution is -2.61. The van der Waals surface area contributed by atoms with E-state index in [9.17, 15) is 98.1 Å². The normalized spacial score (nSPS) is 16.3. The Labute approximate surface area is 449 Å². The highest BCUT2D eigenvalue weighted by Gasteiger charge is 2.41. The summed E-state index contributed by atoms with van der Waals surface area (Å²) in [5.74, 6) is -17.4. The fourth-order valence-electron chi connectivity index (χ4n) is 7.68. The van der Waals surface area contributed by atoms with E-state index in [1.165, 1.54) is 24.3 Å². The zero-order chi connectivity index (χ0) is 59.7. The lowest BCUT2D eigenvalue weighted by atomic mass is 10.0. The van der Waals surface area contributed by atoms with Gasteiger partial charge in [0.05, 0.1) is 25.2 Å². The van der Waals surface area contributed by atoms with Crippen molar-refractivity contribution in [2.45, 2.75) is 144 Å². The molecule has 0 aromatic heterocycles. The third kappa shape index (κ3) is 23.6. The van der Waals surface area contributed by atoms with Crippen LogP contribution < -0.4 is 54.4 Å². The molecule has 21 N–H and O–H groups in total. The second kappa shape index (κ2) is 32.8. The molecule has 0 radical (unpaired) electrons. The molecule has 0 aliphatic carbocycles. The van der Waals surface area contributed by atoms with Gasteiger partial charge in [-0.05, 0) is 69.6 Å². The molecule has 0 unspecified atom stereocenters. The number of nitrogens with zero attached hydrogens (tertiary/aromatic N) is 2. The van der Waals surface area contributed by atoms with E-state index in [-0.39, 0.29) is 63.3 Å². The number of carbonyl (C=O) groups excluding carboxylic acids is 8. The Hall–Kier alpha value is -8.72. The molecule has 8 amide bonds. The number of guanidine groups is 1. The summed E-state index contributed by atoms with van der Waals surface area (Å²) in [6.07, 6.45) is -7.29. The van der Waals surface area contributed by atoms with Gasteiger partial charge >= 0.3 is 29.8 Å². The molecular weight excluding hydrogens is 1060 g/mol. The van der Waals surface area contributed by atoms with Crippen LogP contribution in [-0.4, -0.2) is 209 Å². The van der Waals surface area contributed by atoms with Crippen LogP contribution >= 0.6 is 0 Å². The second-order valence-corrected chi connectivity index (χ2v) is 18.1. The van der Waals surface area contributed by atoms with Crippen molar-refractivity contribution in [1.29, 1.82) is 0 Å². The highest BCUT2D eigenvalue weighted by molar-refractivity contribution is 5.99. The summed E-state index contributed by atoms with van der Waals surface area (Å²) in [5.41, 5.74) is 16.9. The molecule has 1 aromatic rings. The van der Waals surface area contributed by atoms with E-state index in [1.807, 2.05) is 0 Å². The maximum absolute atomic E-state index is 14.2. The van der Waals surface area contributed by atoms with Crippen molar-refractivity contribution in [2.24, 2.45) is 22.2 Å². The highest BCUT2D eigenvalue weighted by Crippen LogP contribution is 2.21. The minimum absolute atomic E-state index is 0.0779. The van der Waals surface area contributed by atoms with Crippen LogP contribution in [0.5, 0.6) is 5.75 Å². The van der Waals surface area contributed by atoms with Crippen molar-refractivity contribution in [3.63, 3.8) is 0 Å². The van der Waals surface area contributed by atoms with Crippen LogP contribution in [0.25, 0.3) is 0 Å². The monoisotopic (exact) mass is 1120 g/mol. The van der Waals surface area contributed by atoms with Gasteiger partial charge in [0, 0.05) is 38.8 Å². The van der Waals surface area contributed by atoms with Gasteiger partial charge in [0.15, 0.2) is 12.0 Å². The number of nitrogens with one attached hydrogen (secondary N) is 7. The number of carbonyl (C=O) groups is 13. The molecule has 33 nitrogen and oxygen atoms in total. The molecule has 438 valence electrons. The quantitative estimate of drug-likeness (QED) is 0.0171. The van der Waals surface area contributed by atoms with Crippen LogP contribution in [0.3, 0.4) is 0 Å². The minimum Gasteiger partial charge on any atom is -0.508 e. The first-order valence-electron chi connectivity index (χ1n) is 24.5. The van der Waals surface area contributed by atoms with Gasteiger partial charge in [-0.25, -0.2) is 4.79 Å². The van der Waals surface area contributed by atoms with Gasteiger partial charge in [0.25, 0.3) is 0 Å². The van der Waals surface area contributed by atoms with Gasteiger partial charge in [-0.15, -0.1) is 0 Å². The molecule has 1 aliphatic rings. The number of rotatable bonds is 35. The first kappa shape index (κ1) is 66.4. The number of benzene rings is 1. The van der Waals surface area contributed by atoms with Gasteiger partial charge in [-0.1, -0.05) is 12.1 Å². The zero-order valence-electron chi connectivity index (χ0n) is 42.7. The van der Waals surface area contributed by atoms with Crippen LogP contribution in [-0.2, 0) is 68.7 Å². The number of aliphatic hydroxyl groups is 2. The molecule has 1 aliphatic heterocycles. The van der Waals surface area contributed by atoms with Crippen LogP contribution in [0.2, 0.25) is 0 Å². The lowest BCUT2D eigenvalue weighted by molar-refractivity contribution is -0.146. The van der Waals surface area contributed by atoms with Crippen LogP contribution in [0, 0.1) is 0 Å². The molecule has 1 saturated heterocycles. The molecule has 0 bridgehead atoms. The standard InChI is InChI=1S/C46H68N12O21/c1-21(60)36(45(78)79)57-41(74)28(18-22-6-8-23(61)9-7-22)54-43(76)31-5-3-17-58(31)44(77)29(19-35(68)69)55-39(72)27(12-15-34(66)67)53-38(71)25(4-2-16-50-46(48)49)52-42(75)30(20-59)56-40(73)26(11-14-33(64)65)51-37(70)24(47)10-13-32(62)63/h6-9,21,24-31,36,59-61H,2-5,10-20,47H2,1H3,(H,51,70)(H,52,75)(H,53,71)(H,54,76)(H,55,72)(H,56,73)(H,57,74)(H,62,63)(H,64,65)(H,66,67)(H,68,69)(H,78,79)(H4,48,49,50)/t21-,24+,25+,26+,27+,28+,29+,30+,31+,36+/m1/s1. The fraction of sp³-hybridized carbons (Fsp3) is 0.565. The molecule has 1 fully saturated rings. The Morgan fingerprint density at radius 2 is 1.09 bits per heavy atom. The average molecular weight is 1130 g/mol. The summed E-state index contributed by atoms with van der Waals surface area (Å²) in [5, 5.41) is 92.6. The number of nitrogens with two attached hydrogens (primary N) is 3.